The number of thiazole rings is 1. The van der Waals surface area contributed by atoms with Gasteiger partial charge in [0.1, 0.15) is 18.8 Å². The van der Waals surface area contributed by atoms with E-state index in [0.717, 1.165) is 22.4 Å². The number of oxime groups is 1. The Morgan fingerprint density at radius 1 is 1.40 bits per heavy atom. The normalized spacial score (nSPS) is 19.3. The minimum absolute atomic E-state index is 0.101. The zero-order valence-electron chi connectivity index (χ0n) is 17.6. The highest BCUT2D eigenvalue weighted by Gasteiger charge is 2.47. The van der Waals surface area contributed by atoms with Gasteiger partial charge in [0, 0.05) is 13.5 Å². The fourth-order valence-corrected chi connectivity index (χ4v) is 3.76. The highest BCUT2D eigenvalue weighted by molar-refractivity contribution is 7.13. The molecule has 30 heavy (non-hydrogen) atoms. The summed E-state index contributed by atoms with van der Waals surface area (Å²) in [5.74, 6) is -1.67. The summed E-state index contributed by atoms with van der Waals surface area (Å²) in [6, 6.07) is -0.471. The maximum absolute atomic E-state index is 12.5. The third-order valence-electron chi connectivity index (χ3n) is 4.22. The molecule has 11 nitrogen and oxygen atoms in total. The van der Waals surface area contributed by atoms with E-state index in [-0.39, 0.29) is 23.1 Å². The maximum Gasteiger partial charge on any atom is 0.334 e. The molecule has 2 amide bonds. The number of carbonyl (C=O) groups excluding carboxylic acids is 3. The lowest BCUT2D eigenvalue weighted by Gasteiger charge is -2.43. The zero-order valence-corrected chi connectivity index (χ0v) is 19.4. The van der Waals surface area contributed by atoms with Crippen molar-refractivity contribution in [2.45, 2.75) is 44.7 Å². The van der Waals surface area contributed by atoms with Crippen LogP contribution in [-0.2, 0) is 28.8 Å². The Morgan fingerprint density at radius 3 is 2.63 bits per heavy atom. The van der Waals surface area contributed by atoms with Crippen molar-refractivity contribution in [3.63, 3.8) is 0 Å². The van der Waals surface area contributed by atoms with Crippen molar-refractivity contribution in [2.24, 2.45) is 5.16 Å². The number of aromatic nitrogens is 1. The summed E-state index contributed by atoms with van der Waals surface area (Å²) in [5, 5.41) is 9.11. The number of hydrogen-bond donors (Lipinski definition) is 2. The molecule has 13 heteroatoms. The molecule has 0 unspecified atom stereocenters. The third kappa shape index (κ3) is 6.24. The lowest BCUT2D eigenvalue weighted by molar-refractivity contribution is -0.234. The Balaban J connectivity index is 1.84. The first-order chi connectivity index (χ1) is 14.0. The Morgan fingerprint density at radius 2 is 2.10 bits per heavy atom. The number of nitrogens with two attached hydrogens (primary N) is 1. The Hall–Kier alpha value is -2.51. The summed E-state index contributed by atoms with van der Waals surface area (Å²) < 4.78 is 5.13. The number of amides is 2. The number of carbonyl (C=O) groups is 3. The second kappa shape index (κ2) is 10.00. The van der Waals surface area contributed by atoms with Crippen molar-refractivity contribution in [3.05, 3.63) is 11.1 Å². The smallest absolute Gasteiger partial charge is 0.334 e. The molecular formula is C17H27N5O6SSi. The van der Waals surface area contributed by atoms with Gasteiger partial charge in [0.05, 0.1) is 12.6 Å². The van der Waals surface area contributed by atoms with Gasteiger partial charge in [-0.2, -0.15) is 0 Å². The molecule has 0 saturated carbocycles. The first-order valence-corrected chi connectivity index (χ1v) is 13.9. The molecule has 0 bridgehead atoms. The molecule has 1 fully saturated rings. The van der Waals surface area contributed by atoms with Crippen molar-refractivity contribution < 1.29 is 28.8 Å². The second-order valence-corrected chi connectivity index (χ2v) is 14.4. The number of esters is 1. The topological polar surface area (TPSA) is 145 Å². The number of anilines is 1. The number of nitrogen functional groups attached to an aromatic ring is 1. The second-order valence-electron chi connectivity index (χ2n) is 7.85. The van der Waals surface area contributed by atoms with Crippen LogP contribution in [0.3, 0.4) is 0 Å². The molecular weight excluding hydrogens is 430 g/mol. The molecule has 1 aliphatic rings. The summed E-state index contributed by atoms with van der Waals surface area (Å²) in [6.45, 7) is 8.17. The lowest BCUT2D eigenvalue weighted by Crippen LogP contribution is -2.70. The minimum atomic E-state index is -1.30. The van der Waals surface area contributed by atoms with Crippen molar-refractivity contribution in [1.82, 2.24) is 15.4 Å². The average molecular weight is 458 g/mol. The van der Waals surface area contributed by atoms with Gasteiger partial charge in [-0.15, -0.1) is 11.3 Å². The molecule has 0 radical (unpaired) electrons. The van der Waals surface area contributed by atoms with Gasteiger partial charge in [-0.1, -0.05) is 24.8 Å². The van der Waals surface area contributed by atoms with E-state index in [4.69, 9.17) is 20.1 Å². The van der Waals surface area contributed by atoms with Crippen LogP contribution in [0.5, 0.6) is 0 Å². The highest BCUT2D eigenvalue weighted by Crippen LogP contribution is 2.21. The summed E-state index contributed by atoms with van der Waals surface area (Å²) in [7, 11) is -0.0120. The van der Waals surface area contributed by atoms with Crippen LogP contribution in [0.25, 0.3) is 0 Å². The van der Waals surface area contributed by atoms with Crippen LogP contribution in [-0.4, -0.2) is 74.0 Å². The predicted molar refractivity (Wildman–Crippen MR) is 113 cm³/mol. The lowest BCUT2D eigenvalue weighted by atomic mass is 10.00. The van der Waals surface area contributed by atoms with Gasteiger partial charge >= 0.3 is 5.97 Å². The molecule has 2 rings (SSSR count). The SMILES string of the molecule is CON=C(C(=O)N[C@H]1C(=O)N(OCC(=O)OCC[Si](C)(C)C)[C@@H]1C)c1csc(N)n1. The van der Waals surface area contributed by atoms with Crippen molar-refractivity contribution in [3.8, 4) is 0 Å². The average Bonchev–Trinajstić information content (AvgIpc) is 3.09. The fourth-order valence-electron chi connectivity index (χ4n) is 2.50. The first kappa shape index (κ1) is 23.8. The molecule has 166 valence electrons. The zero-order chi connectivity index (χ0) is 22.5. The van der Waals surface area contributed by atoms with E-state index < -0.39 is 37.9 Å². The van der Waals surface area contributed by atoms with E-state index in [1.165, 1.54) is 7.11 Å². The van der Waals surface area contributed by atoms with Gasteiger partial charge in [0.2, 0.25) is 0 Å². The van der Waals surface area contributed by atoms with Crippen LogP contribution in [0.1, 0.15) is 12.6 Å². The maximum atomic E-state index is 12.5. The largest absolute Gasteiger partial charge is 0.464 e. The number of nitrogens with zero attached hydrogens (tertiary/aromatic N) is 3. The molecule has 1 aromatic heterocycles. The molecule has 0 spiro atoms. The quantitative estimate of drug-likeness (QED) is 0.171. The van der Waals surface area contributed by atoms with Crippen LogP contribution in [0.2, 0.25) is 25.7 Å². The molecule has 1 aliphatic heterocycles. The van der Waals surface area contributed by atoms with Crippen LogP contribution < -0.4 is 11.1 Å². The number of β-lactam (4-membered cyclic amide) rings is 1. The van der Waals surface area contributed by atoms with E-state index in [2.05, 4.69) is 35.1 Å². The Labute approximate surface area is 179 Å². The van der Waals surface area contributed by atoms with Crippen molar-refractivity contribution >= 4 is 48.0 Å². The van der Waals surface area contributed by atoms with Crippen LogP contribution in [0.4, 0.5) is 5.13 Å². The van der Waals surface area contributed by atoms with Gasteiger partial charge in [0.25, 0.3) is 11.8 Å². The van der Waals surface area contributed by atoms with E-state index in [1.54, 1.807) is 12.3 Å². The molecule has 3 N–H and O–H groups in total. The van der Waals surface area contributed by atoms with E-state index in [1.807, 2.05) is 0 Å². The number of hydrogen-bond acceptors (Lipinski definition) is 10. The van der Waals surface area contributed by atoms with Gasteiger partial charge < -0.3 is 20.6 Å². The van der Waals surface area contributed by atoms with Gasteiger partial charge in [-0.05, 0) is 13.0 Å². The molecule has 0 aliphatic carbocycles. The number of nitrogens with one attached hydrogen (secondary N) is 1. The first-order valence-electron chi connectivity index (χ1n) is 9.28. The van der Waals surface area contributed by atoms with E-state index in [9.17, 15) is 14.4 Å². The highest BCUT2D eigenvalue weighted by atomic mass is 32.1. The number of ether oxygens (including phenoxy) is 1. The fraction of sp³-hybridized carbons (Fsp3) is 0.588. The van der Waals surface area contributed by atoms with E-state index in [0.29, 0.717) is 6.61 Å². The predicted octanol–water partition coefficient (Wildman–Crippen LogP) is 0.604. The van der Waals surface area contributed by atoms with Crippen molar-refractivity contribution in [2.75, 3.05) is 26.1 Å². The summed E-state index contributed by atoms with van der Waals surface area (Å²) >= 11 is 1.15. The van der Waals surface area contributed by atoms with Crippen LogP contribution >= 0.6 is 11.3 Å². The summed E-state index contributed by atoms with van der Waals surface area (Å²) in [5.41, 5.74) is 5.73. The summed E-state index contributed by atoms with van der Waals surface area (Å²) in [4.78, 5) is 50.6. The summed E-state index contributed by atoms with van der Waals surface area (Å²) in [6.07, 6.45) is 0. The standard InChI is InChI=1S/C17H27N5O6SSi/c1-10-13(20-15(24)14(21-26-2)11-9-29-17(18)19-11)16(25)22(10)28-8-12(23)27-6-7-30(3,4)5/h9-10,13H,6-8H2,1-5H3,(H2,18,19)(H,20,24)/t10-,13-/m1/s1. The monoisotopic (exact) mass is 457 g/mol. The molecule has 1 aromatic rings. The third-order valence-corrected chi connectivity index (χ3v) is 6.60. The molecule has 0 aromatic carbocycles. The number of hydroxylamine groups is 2. The van der Waals surface area contributed by atoms with Gasteiger partial charge in [-0.25, -0.2) is 14.8 Å². The van der Waals surface area contributed by atoms with Crippen molar-refractivity contribution in [1.29, 1.82) is 0 Å². The minimum Gasteiger partial charge on any atom is -0.464 e. The van der Waals surface area contributed by atoms with Crippen LogP contribution in [0.15, 0.2) is 10.5 Å². The Kier molecular flexibility index (Phi) is 7.92. The van der Waals surface area contributed by atoms with Crippen LogP contribution in [0, 0.1) is 0 Å². The Bertz CT molecular complexity index is 824. The molecule has 2 atom stereocenters. The molecule has 1 saturated heterocycles. The van der Waals surface area contributed by atoms with Gasteiger partial charge in [-0.3, -0.25) is 14.4 Å². The van der Waals surface area contributed by atoms with E-state index >= 15 is 0 Å². The number of rotatable bonds is 10. The molecule has 2 heterocycles. The van der Waals surface area contributed by atoms with Gasteiger partial charge in [0.15, 0.2) is 17.5 Å².